The molecule has 0 heterocycles. The first-order chi connectivity index (χ1) is 10.3. The number of hydrogen-bond acceptors (Lipinski definition) is 2. The summed E-state index contributed by atoms with van der Waals surface area (Å²) in [7, 11) is 0. The van der Waals surface area contributed by atoms with Crippen molar-refractivity contribution >= 4 is 0 Å². The quantitative estimate of drug-likeness (QED) is 0.627. The molecule has 4 unspecified atom stereocenters. The molecule has 3 aliphatic rings. The van der Waals surface area contributed by atoms with Gasteiger partial charge < -0.3 is 9.47 Å². The third-order valence-corrected chi connectivity index (χ3v) is 6.22. The first-order valence-corrected chi connectivity index (χ1v) is 9.53. The normalized spacial score (nSPS) is 42.0. The molecule has 3 saturated carbocycles. The van der Waals surface area contributed by atoms with Gasteiger partial charge in [-0.1, -0.05) is 20.3 Å². The Morgan fingerprint density at radius 1 is 0.619 bits per heavy atom. The van der Waals surface area contributed by atoms with E-state index in [9.17, 15) is 0 Å². The molecule has 3 aliphatic carbocycles. The molecule has 21 heavy (non-hydrogen) atoms. The summed E-state index contributed by atoms with van der Waals surface area (Å²) in [5.74, 6) is 3.84. The van der Waals surface area contributed by atoms with Crippen molar-refractivity contribution in [2.45, 2.75) is 83.8 Å². The molecule has 0 N–H and O–H groups in total. The van der Waals surface area contributed by atoms with Gasteiger partial charge in [0.05, 0.1) is 12.2 Å². The monoisotopic (exact) mass is 294 g/mol. The van der Waals surface area contributed by atoms with Gasteiger partial charge in [-0.15, -0.1) is 0 Å². The van der Waals surface area contributed by atoms with Crippen molar-refractivity contribution in [3.05, 3.63) is 0 Å². The van der Waals surface area contributed by atoms with Crippen LogP contribution in [-0.4, -0.2) is 25.4 Å². The first kappa shape index (κ1) is 15.8. The fourth-order valence-electron chi connectivity index (χ4n) is 5.20. The predicted octanol–water partition coefficient (Wildman–Crippen LogP) is 4.81. The third kappa shape index (κ3) is 3.82. The second kappa shape index (κ2) is 7.46. The Labute approximate surface area is 131 Å². The lowest BCUT2D eigenvalue weighted by atomic mass is 9.71. The van der Waals surface area contributed by atoms with Crippen LogP contribution in [0.2, 0.25) is 0 Å². The average molecular weight is 294 g/mol. The minimum atomic E-state index is 0.579. The third-order valence-electron chi connectivity index (χ3n) is 6.22. The van der Waals surface area contributed by atoms with Gasteiger partial charge in [-0.3, -0.25) is 0 Å². The number of fused-ring (bicyclic) bond motifs is 2. The van der Waals surface area contributed by atoms with Crippen molar-refractivity contribution in [1.82, 2.24) is 0 Å². The van der Waals surface area contributed by atoms with Gasteiger partial charge in [-0.05, 0) is 75.0 Å². The van der Waals surface area contributed by atoms with Crippen LogP contribution < -0.4 is 0 Å². The van der Waals surface area contributed by atoms with E-state index in [4.69, 9.17) is 9.47 Å². The van der Waals surface area contributed by atoms with E-state index in [0.29, 0.717) is 12.2 Å². The van der Waals surface area contributed by atoms with Crippen LogP contribution in [0.4, 0.5) is 0 Å². The van der Waals surface area contributed by atoms with Crippen LogP contribution in [0.3, 0.4) is 0 Å². The van der Waals surface area contributed by atoms with Crippen molar-refractivity contribution in [2.75, 3.05) is 13.2 Å². The second-order valence-corrected chi connectivity index (χ2v) is 7.79. The van der Waals surface area contributed by atoms with E-state index in [2.05, 4.69) is 13.8 Å². The molecule has 0 radical (unpaired) electrons. The maximum absolute atomic E-state index is 6.11. The number of unbranched alkanes of at least 4 members (excludes halogenated alkanes) is 1. The van der Waals surface area contributed by atoms with Gasteiger partial charge in [0.25, 0.3) is 0 Å². The molecule has 0 aromatic carbocycles. The summed E-state index contributed by atoms with van der Waals surface area (Å²) in [4.78, 5) is 0. The van der Waals surface area contributed by atoms with E-state index in [1.807, 2.05) is 0 Å². The number of hydrogen-bond donors (Lipinski definition) is 0. The van der Waals surface area contributed by atoms with E-state index in [-0.39, 0.29) is 0 Å². The molecule has 4 atom stereocenters. The van der Waals surface area contributed by atoms with Crippen LogP contribution in [0, 0.1) is 23.7 Å². The van der Waals surface area contributed by atoms with Gasteiger partial charge in [-0.2, -0.15) is 0 Å². The minimum absolute atomic E-state index is 0.579. The SMILES string of the molecule is CCCCOC1CC2CC3CC(OCCC)CC3CC2C1. The fourth-order valence-corrected chi connectivity index (χ4v) is 5.20. The fraction of sp³-hybridized carbons (Fsp3) is 1.00. The summed E-state index contributed by atoms with van der Waals surface area (Å²) >= 11 is 0. The lowest BCUT2D eigenvalue weighted by Crippen LogP contribution is -2.25. The highest BCUT2D eigenvalue weighted by Gasteiger charge is 2.46. The molecule has 0 bridgehead atoms. The van der Waals surface area contributed by atoms with Crippen LogP contribution in [0.5, 0.6) is 0 Å². The standard InChI is InChI=1S/C19H34O2/c1-3-5-7-21-19-12-16-8-14-10-18(20-6-4-2)11-15(14)9-17(16)13-19/h14-19H,3-13H2,1-2H3. The number of rotatable bonds is 7. The van der Waals surface area contributed by atoms with E-state index in [1.54, 1.807) is 0 Å². The van der Waals surface area contributed by atoms with Crippen LogP contribution in [-0.2, 0) is 9.47 Å². The largest absolute Gasteiger partial charge is 0.378 e. The van der Waals surface area contributed by atoms with Gasteiger partial charge in [0.15, 0.2) is 0 Å². The zero-order valence-corrected chi connectivity index (χ0v) is 14.1. The zero-order chi connectivity index (χ0) is 14.7. The molecular formula is C19H34O2. The lowest BCUT2D eigenvalue weighted by Gasteiger charge is -2.34. The number of ether oxygens (including phenoxy) is 2. The summed E-state index contributed by atoms with van der Waals surface area (Å²) in [6, 6.07) is 0. The summed E-state index contributed by atoms with van der Waals surface area (Å²) in [5.41, 5.74) is 0. The van der Waals surface area contributed by atoms with Crippen molar-refractivity contribution in [3.63, 3.8) is 0 Å². The molecule has 2 nitrogen and oxygen atoms in total. The van der Waals surface area contributed by atoms with Crippen molar-refractivity contribution < 1.29 is 9.47 Å². The smallest absolute Gasteiger partial charge is 0.0580 e. The summed E-state index contributed by atoms with van der Waals surface area (Å²) in [6.45, 7) is 6.41. The Morgan fingerprint density at radius 2 is 1.10 bits per heavy atom. The van der Waals surface area contributed by atoms with Crippen LogP contribution >= 0.6 is 0 Å². The van der Waals surface area contributed by atoms with Gasteiger partial charge in [0.1, 0.15) is 0 Å². The average Bonchev–Trinajstić information content (AvgIpc) is 3.04. The van der Waals surface area contributed by atoms with Gasteiger partial charge >= 0.3 is 0 Å². The highest BCUT2D eigenvalue weighted by Crippen LogP contribution is 2.53. The first-order valence-electron chi connectivity index (χ1n) is 9.53. The summed E-state index contributed by atoms with van der Waals surface area (Å²) in [5, 5.41) is 0. The van der Waals surface area contributed by atoms with Crippen molar-refractivity contribution in [2.24, 2.45) is 23.7 Å². The molecular weight excluding hydrogens is 260 g/mol. The molecule has 0 spiro atoms. The summed E-state index contributed by atoms with van der Waals surface area (Å²) < 4.78 is 12.1. The van der Waals surface area contributed by atoms with Crippen molar-refractivity contribution in [3.8, 4) is 0 Å². The van der Waals surface area contributed by atoms with Crippen LogP contribution in [0.25, 0.3) is 0 Å². The summed E-state index contributed by atoms with van der Waals surface area (Å²) in [6.07, 6.45) is 13.1. The lowest BCUT2D eigenvalue weighted by molar-refractivity contribution is 0.0493. The molecule has 3 fully saturated rings. The highest BCUT2D eigenvalue weighted by atomic mass is 16.5. The molecule has 0 aliphatic heterocycles. The van der Waals surface area contributed by atoms with E-state index < -0.39 is 0 Å². The Hall–Kier alpha value is -0.0800. The minimum Gasteiger partial charge on any atom is -0.378 e. The molecule has 122 valence electrons. The topological polar surface area (TPSA) is 18.5 Å². The van der Waals surface area contributed by atoms with Crippen LogP contribution in [0.15, 0.2) is 0 Å². The predicted molar refractivity (Wildman–Crippen MR) is 86.3 cm³/mol. The van der Waals surface area contributed by atoms with E-state index >= 15 is 0 Å². The Balaban J connectivity index is 1.45. The molecule has 0 saturated heterocycles. The molecule has 2 heteroatoms. The van der Waals surface area contributed by atoms with E-state index in [0.717, 1.165) is 43.3 Å². The van der Waals surface area contributed by atoms with Gasteiger partial charge in [0.2, 0.25) is 0 Å². The zero-order valence-electron chi connectivity index (χ0n) is 14.1. The second-order valence-electron chi connectivity index (χ2n) is 7.79. The molecule has 0 amide bonds. The van der Waals surface area contributed by atoms with E-state index in [1.165, 1.54) is 51.4 Å². The maximum Gasteiger partial charge on any atom is 0.0580 e. The van der Waals surface area contributed by atoms with Gasteiger partial charge in [-0.25, -0.2) is 0 Å². The highest BCUT2D eigenvalue weighted by molar-refractivity contribution is 4.97. The van der Waals surface area contributed by atoms with Crippen LogP contribution in [0.1, 0.15) is 71.6 Å². The van der Waals surface area contributed by atoms with Gasteiger partial charge in [0, 0.05) is 13.2 Å². The Bertz CT molecular complexity index is 295. The maximum atomic E-state index is 6.11. The Morgan fingerprint density at radius 3 is 1.52 bits per heavy atom. The molecule has 0 aromatic rings. The Kier molecular flexibility index (Phi) is 5.61. The molecule has 3 rings (SSSR count). The molecule has 0 aromatic heterocycles. The van der Waals surface area contributed by atoms with Crippen molar-refractivity contribution in [1.29, 1.82) is 0 Å².